The van der Waals surface area contributed by atoms with Crippen LogP contribution in [0.3, 0.4) is 0 Å². The van der Waals surface area contributed by atoms with Gasteiger partial charge < -0.3 is 0 Å². The maximum atomic E-state index is 11.5. The summed E-state index contributed by atoms with van der Waals surface area (Å²) >= 11 is -2.78. The smallest absolute Gasteiger partial charge is 0.294 e. The monoisotopic (exact) mass is 227 g/mol. The summed E-state index contributed by atoms with van der Waals surface area (Å²) in [6.45, 7) is 0. The van der Waals surface area contributed by atoms with Crippen molar-refractivity contribution < 1.29 is 30.4 Å². The molecule has 74 valence electrons. The average Bonchev–Trinajstić information content (AvgIpc) is 1.81. The zero-order chi connectivity index (χ0) is 9.99. The summed E-state index contributed by atoms with van der Waals surface area (Å²) in [6.07, 6.45) is 0. The average molecular weight is 227 g/mol. The third kappa shape index (κ3) is 3.47. The highest BCUT2D eigenvalue weighted by Gasteiger charge is 2.45. The van der Waals surface area contributed by atoms with Gasteiger partial charge in [-0.25, -0.2) is 12.6 Å². The molecule has 0 saturated heterocycles. The summed E-state index contributed by atoms with van der Waals surface area (Å²) < 4.78 is 73.5. The van der Waals surface area contributed by atoms with Gasteiger partial charge in [-0.1, -0.05) is 0 Å². The molecular weight excluding hydrogens is 223 g/mol. The molecule has 0 aliphatic rings. The summed E-state index contributed by atoms with van der Waals surface area (Å²) in [5, 5.41) is 0. The number of hydrogen-bond acceptors (Lipinski definition) is 3. The Bertz CT molecular complexity index is 269. The number of hydrogen-bond donors (Lipinski definition) is 2. The molecule has 10 heteroatoms. The minimum Gasteiger partial charge on any atom is -0.294 e. The molecule has 0 rings (SSSR count). The Balaban J connectivity index is 4.37. The number of rotatable bonds is 3. The molecule has 0 aromatic carbocycles. The van der Waals surface area contributed by atoms with Gasteiger partial charge in [-0.3, -0.25) is 4.55 Å². The molecule has 1 atom stereocenters. The van der Waals surface area contributed by atoms with Crippen molar-refractivity contribution in [3.63, 3.8) is 0 Å². The van der Waals surface area contributed by atoms with Crippen molar-refractivity contribution in [2.75, 3.05) is 5.88 Å². The lowest BCUT2D eigenvalue weighted by molar-refractivity contribution is -0.0435. The van der Waals surface area contributed by atoms with Gasteiger partial charge >= 0.3 is 5.51 Å². The molecule has 0 aliphatic heterocycles. The zero-order valence-corrected chi connectivity index (χ0v) is 6.96. The van der Waals surface area contributed by atoms with Crippen LogP contribution in [0.25, 0.3) is 0 Å². The quantitative estimate of drug-likeness (QED) is 0.643. The van der Waals surface area contributed by atoms with E-state index in [4.69, 9.17) is 4.55 Å². The first-order valence-electron chi connectivity index (χ1n) is 2.30. The van der Waals surface area contributed by atoms with E-state index in [1.165, 1.54) is 4.72 Å². The molecular formula is C2H4F3NO4S2. The van der Waals surface area contributed by atoms with Crippen LogP contribution in [0.1, 0.15) is 0 Å². The second-order valence-corrected chi connectivity index (χ2v) is 4.37. The van der Waals surface area contributed by atoms with Crippen molar-refractivity contribution >= 4 is 21.1 Å². The lowest BCUT2D eigenvalue weighted by Crippen LogP contribution is -2.34. The van der Waals surface area contributed by atoms with Crippen LogP contribution in [-0.4, -0.2) is 28.6 Å². The molecule has 2 N–H and O–H groups in total. The third-order valence-electron chi connectivity index (χ3n) is 0.725. The molecule has 0 heterocycles. The Labute approximate surface area is 68.3 Å². The Morgan fingerprint density at radius 3 is 2.08 bits per heavy atom. The predicted molar refractivity (Wildman–Crippen MR) is 33.7 cm³/mol. The molecule has 0 amide bonds. The predicted octanol–water partition coefficient (Wildman–Crippen LogP) is -0.395. The van der Waals surface area contributed by atoms with Crippen molar-refractivity contribution in [2.45, 2.75) is 5.51 Å². The Morgan fingerprint density at radius 1 is 1.42 bits per heavy atom. The van der Waals surface area contributed by atoms with Crippen LogP contribution in [0.5, 0.6) is 0 Å². The van der Waals surface area contributed by atoms with Crippen molar-refractivity contribution in [3.05, 3.63) is 0 Å². The first-order valence-corrected chi connectivity index (χ1v) is 5.06. The molecule has 0 aliphatic carbocycles. The van der Waals surface area contributed by atoms with E-state index < -0.39 is 32.5 Å². The summed E-state index contributed by atoms with van der Waals surface area (Å²) in [5.41, 5.74) is -5.40. The topological polar surface area (TPSA) is 83.5 Å². The maximum Gasteiger partial charge on any atom is 0.498 e. The molecule has 0 spiro atoms. The van der Waals surface area contributed by atoms with E-state index in [2.05, 4.69) is 0 Å². The van der Waals surface area contributed by atoms with E-state index in [0.29, 0.717) is 0 Å². The maximum absolute atomic E-state index is 11.5. The van der Waals surface area contributed by atoms with Crippen molar-refractivity contribution in [2.24, 2.45) is 0 Å². The Morgan fingerprint density at radius 2 is 1.83 bits per heavy atom. The van der Waals surface area contributed by atoms with Gasteiger partial charge in [0, 0.05) is 0 Å². The van der Waals surface area contributed by atoms with Gasteiger partial charge in [0.05, 0.1) is 0 Å². The third-order valence-corrected chi connectivity index (χ3v) is 2.53. The Hall–Kier alpha value is -0.190. The minimum atomic E-state index is -5.40. The largest absolute Gasteiger partial charge is 0.498 e. The zero-order valence-electron chi connectivity index (χ0n) is 5.33. The van der Waals surface area contributed by atoms with Crippen molar-refractivity contribution in [1.29, 1.82) is 0 Å². The number of nitrogens with one attached hydrogen (secondary N) is 1. The van der Waals surface area contributed by atoms with Gasteiger partial charge in [0.2, 0.25) is 11.3 Å². The van der Waals surface area contributed by atoms with Crippen molar-refractivity contribution in [3.8, 4) is 0 Å². The fourth-order valence-electron chi connectivity index (χ4n) is 0.210. The molecule has 1 unspecified atom stereocenters. The second kappa shape index (κ2) is 3.68. The first kappa shape index (κ1) is 11.8. The SMILES string of the molecule is O=S(O)NCS(=O)(=O)C(F)(F)F. The van der Waals surface area contributed by atoms with E-state index in [0.717, 1.165) is 0 Å². The summed E-state index contributed by atoms with van der Waals surface area (Å²) in [6, 6.07) is 0. The molecule has 0 aromatic rings. The molecule has 5 nitrogen and oxygen atoms in total. The van der Waals surface area contributed by atoms with Crippen LogP contribution in [0.15, 0.2) is 0 Å². The summed E-state index contributed by atoms with van der Waals surface area (Å²) in [4.78, 5) is 0. The highest BCUT2D eigenvalue weighted by Crippen LogP contribution is 2.22. The van der Waals surface area contributed by atoms with Crippen LogP contribution in [0.4, 0.5) is 13.2 Å². The highest BCUT2D eigenvalue weighted by molar-refractivity contribution is 7.92. The van der Waals surface area contributed by atoms with Crippen LogP contribution in [0.2, 0.25) is 0 Å². The van der Waals surface area contributed by atoms with E-state index in [9.17, 15) is 25.8 Å². The highest BCUT2D eigenvalue weighted by atomic mass is 32.2. The molecule has 0 bridgehead atoms. The molecule has 12 heavy (non-hydrogen) atoms. The van der Waals surface area contributed by atoms with Crippen LogP contribution in [0, 0.1) is 0 Å². The first-order chi connectivity index (χ1) is 5.17. The van der Waals surface area contributed by atoms with Gasteiger partial charge in [0.15, 0.2) is 0 Å². The Kier molecular flexibility index (Phi) is 3.62. The van der Waals surface area contributed by atoms with E-state index >= 15 is 0 Å². The van der Waals surface area contributed by atoms with E-state index in [1.807, 2.05) is 0 Å². The van der Waals surface area contributed by atoms with Crippen LogP contribution in [-0.2, 0) is 21.1 Å². The normalized spacial score (nSPS) is 16.0. The van der Waals surface area contributed by atoms with E-state index in [1.54, 1.807) is 0 Å². The van der Waals surface area contributed by atoms with Gasteiger partial charge in [0.25, 0.3) is 9.84 Å². The molecule has 0 radical (unpaired) electrons. The van der Waals surface area contributed by atoms with Gasteiger partial charge in [-0.05, 0) is 0 Å². The summed E-state index contributed by atoms with van der Waals surface area (Å²) in [7, 11) is -5.36. The lowest BCUT2D eigenvalue weighted by Gasteiger charge is -2.06. The van der Waals surface area contributed by atoms with Crippen LogP contribution >= 0.6 is 0 Å². The van der Waals surface area contributed by atoms with Crippen LogP contribution < -0.4 is 4.72 Å². The van der Waals surface area contributed by atoms with Gasteiger partial charge in [-0.15, -0.1) is 0 Å². The van der Waals surface area contributed by atoms with Gasteiger partial charge in [0.1, 0.15) is 5.88 Å². The second-order valence-electron chi connectivity index (χ2n) is 1.60. The number of halogens is 3. The fourth-order valence-corrected chi connectivity index (χ4v) is 1.40. The number of alkyl halides is 3. The lowest BCUT2D eigenvalue weighted by atomic mass is 11.5. The minimum absolute atomic E-state index is 1.21. The molecule has 0 saturated carbocycles. The molecule has 0 aromatic heterocycles. The van der Waals surface area contributed by atoms with E-state index in [-0.39, 0.29) is 0 Å². The number of sulfone groups is 1. The fraction of sp³-hybridized carbons (Fsp3) is 1.00. The molecule has 0 fully saturated rings. The standard InChI is InChI=1S/C2H4F3NO4S2/c3-2(4,5)12(9,10)1-6-11(7)8/h6H,1H2,(H,7,8). The van der Waals surface area contributed by atoms with Gasteiger partial charge in [-0.2, -0.15) is 17.9 Å². The summed E-state index contributed by atoms with van der Waals surface area (Å²) in [5.74, 6) is -1.61. The van der Waals surface area contributed by atoms with Crippen molar-refractivity contribution in [1.82, 2.24) is 4.72 Å².